The molecule has 0 aliphatic carbocycles. The summed E-state index contributed by atoms with van der Waals surface area (Å²) in [6.45, 7) is 5.68. The lowest BCUT2D eigenvalue weighted by Crippen LogP contribution is -2.32. The monoisotopic (exact) mass is 457 g/mol. The quantitative estimate of drug-likeness (QED) is 0.449. The third kappa shape index (κ3) is 6.70. The molecule has 2 N–H and O–H groups in total. The summed E-state index contributed by atoms with van der Waals surface area (Å²) in [7, 11) is 0. The average Bonchev–Trinajstić information content (AvgIpc) is 3.43. The van der Waals surface area contributed by atoms with Gasteiger partial charge in [0.25, 0.3) is 0 Å². The van der Waals surface area contributed by atoms with Crippen molar-refractivity contribution in [1.82, 2.24) is 10.5 Å². The number of carbonyl (C=O) groups is 2. The molecular formula is C23H27N3O3S2. The third-order valence-electron chi connectivity index (χ3n) is 4.70. The largest absolute Gasteiger partial charge is 0.360 e. The van der Waals surface area contributed by atoms with Crippen LogP contribution in [0.5, 0.6) is 0 Å². The van der Waals surface area contributed by atoms with Crippen LogP contribution < -0.4 is 10.6 Å². The van der Waals surface area contributed by atoms with Gasteiger partial charge in [-0.1, -0.05) is 48.8 Å². The molecule has 0 aliphatic heterocycles. The minimum Gasteiger partial charge on any atom is -0.360 e. The number of thiophene rings is 1. The van der Waals surface area contributed by atoms with E-state index in [4.69, 9.17) is 4.52 Å². The molecule has 3 aromatic rings. The summed E-state index contributed by atoms with van der Waals surface area (Å²) >= 11 is 2.90. The van der Waals surface area contributed by atoms with Gasteiger partial charge < -0.3 is 15.2 Å². The van der Waals surface area contributed by atoms with E-state index < -0.39 is 5.25 Å². The SMILES string of the molecule is CCCc1ccc(C(NC(=O)CSC(C)C(=O)Nc2cc(C)on2)c2cccs2)cc1. The molecule has 0 saturated heterocycles. The van der Waals surface area contributed by atoms with Crippen molar-refractivity contribution in [2.45, 2.75) is 44.9 Å². The summed E-state index contributed by atoms with van der Waals surface area (Å²) in [4.78, 5) is 26.1. The van der Waals surface area contributed by atoms with Crippen LogP contribution >= 0.6 is 23.1 Å². The van der Waals surface area contributed by atoms with Crippen LogP contribution in [0.2, 0.25) is 0 Å². The van der Waals surface area contributed by atoms with E-state index in [9.17, 15) is 9.59 Å². The highest BCUT2D eigenvalue weighted by molar-refractivity contribution is 8.01. The predicted molar refractivity (Wildman–Crippen MR) is 127 cm³/mol. The van der Waals surface area contributed by atoms with Crippen molar-refractivity contribution in [3.63, 3.8) is 0 Å². The lowest BCUT2D eigenvalue weighted by atomic mass is 10.0. The molecule has 31 heavy (non-hydrogen) atoms. The van der Waals surface area contributed by atoms with Gasteiger partial charge in [0, 0.05) is 10.9 Å². The minimum absolute atomic E-state index is 0.113. The number of aromatic nitrogens is 1. The van der Waals surface area contributed by atoms with E-state index in [1.54, 1.807) is 31.3 Å². The van der Waals surface area contributed by atoms with Crippen LogP contribution in [0, 0.1) is 6.92 Å². The lowest BCUT2D eigenvalue weighted by Gasteiger charge is -2.19. The molecule has 6 nitrogen and oxygen atoms in total. The van der Waals surface area contributed by atoms with Gasteiger partial charge in [0.1, 0.15) is 5.76 Å². The Kier molecular flexibility index (Phi) is 8.31. The maximum absolute atomic E-state index is 12.7. The maximum Gasteiger partial charge on any atom is 0.238 e. The fourth-order valence-corrected chi connectivity index (χ4v) is 4.57. The molecule has 8 heteroatoms. The Morgan fingerprint density at radius 1 is 1.23 bits per heavy atom. The summed E-state index contributed by atoms with van der Waals surface area (Å²) in [6, 6.07) is 13.9. The van der Waals surface area contributed by atoms with Gasteiger partial charge in [0.05, 0.1) is 17.0 Å². The van der Waals surface area contributed by atoms with Crippen LogP contribution in [0.4, 0.5) is 5.82 Å². The first kappa shape index (κ1) is 23.1. The van der Waals surface area contributed by atoms with E-state index in [-0.39, 0.29) is 23.6 Å². The number of hydrogen-bond acceptors (Lipinski definition) is 6. The van der Waals surface area contributed by atoms with E-state index >= 15 is 0 Å². The number of benzene rings is 1. The first-order chi connectivity index (χ1) is 15.0. The highest BCUT2D eigenvalue weighted by Gasteiger charge is 2.21. The van der Waals surface area contributed by atoms with Crippen molar-refractivity contribution in [3.8, 4) is 0 Å². The Balaban J connectivity index is 1.58. The molecule has 1 aromatic carbocycles. The minimum atomic E-state index is -0.406. The van der Waals surface area contributed by atoms with Gasteiger partial charge in [-0.3, -0.25) is 9.59 Å². The van der Waals surface area contributed by atoms with Crippen LogP contribution in [-0.2, 0) is 16.0 Å². The summed E-state index contributed by atoms with van der Waals surface area (Å²) in [5.74, 6) is 0.855. The number of amides is 2. The fourth-order valence-electron chi connectivity index (χ4n) is 3.07. The Morgan fingerprint density at radius 3 is 2.61 bits per heavy atom. The van der Waals surface area contributed by atoms with Crippen LogP contribution in [0.3, 0.4) is 0 Å². The molecule has 0 aliphatic rings. The Morgan fingerprint density at radius 2 is 2.00 bits per heavy atom. The van der Waals surface area contributed by atoms with Crippen molar-refractivity contribution in [1.29, 1.82) is 0 Å². The molecule has 2 atom stereocenters. The van der Waals surface area contributed by atoms with Gasteiger partial charge in [-0.05, 0) is 42.8 Å². The number of nitrogens with zero attached hydrogens (tertiary/aromatic N) is 1. The zero-order valence-corrected chi connectivity index (χ0v) is 19.5. The second kappa shape index (κ2) is 11.2. The number of nitrogens with one attached hydrogen (secondary N) is 2. The fraction of sp³-hybridized carbons (Fsp3) is 0.348. The number of thioether (sulfide) groups is 1. The topological polar surface area (TPSA) is 84.2 Å². The van der Waals surface area contributed by atoms with Gasteiger partial charge in [0.2, 0.25) is 11.8 Å². The molecule has 2 heterocycles. The smallest absolute Gasteiger partial charge is 0.238 e. The summed E-state index contributed by atoms with van der Waals surface area (Å²) in [6.07, 6.45) is 2.14. The number of hydrogen-bond donors (Lipinski definition) is 2. The van der Waals surface area contributed by atoms with Gasteiger partial charge in [0.15, 0.2) is 5.82 Å². The first-order valence-electron chi connectivity index (χ1n) is 10.2. The zero-order valence-electron chi connectivity index (χ0n) is 17.9. The standard InChI is InChI=1S/C23H27N3O3S2/c1-4-6-17-8-10-18(11-9-17)22(19-7-5-12-30-19)25-21(27)14-31-16(3)23(28)24-20-13-15(2)29-26-20/h5,7-13,16,22H,4,6,14H2,1-3H3,(H,25,27)(H,24,26,28). The summed E-state index contributed by atoms with van der Waals surface area (Å²) in [5.41, 5.74) is 2.34. The van der Waals surface area contributed by atoms with Crippen LogP contribution in [0.15, 0.2) is 52.4 Å². The van der Waals surface area contributed by atoms with Crippen molar-refractivity contribution in [3.05, 3.63) is 69.6 Å². The molecule has 0 fully saturated rings. The van der Waals surface area contributed by atoms with Crippen molar-refractivity contribution < 1.29 is 14.1 Å². The Labute approximate surface area is 190 Å². The second-order valence-corrected chi connectivity index (χ2v) is 9.58. The third-order valence-corrected chi connectivity index (χ3v) is 6.78. The van der Waals surface area contributed by atoms with E-state index in [0.29, 0.717) is 11.6 Å². The van der Waals surface area contributed by atoms with E-state index in [1.807, 2.05) is 17.5 Å². The summed E-state index contributed by atoms with van der Waals surface area (Å²) < 4.78 is 4.95. The first-order valence-corrected chi connectivity index (χ1v) is 12.2. The second-order valence-electron chi connectivity index (χ2n) is 7.27. The molecule has 164 valence electrons. The molecule has 3 rings (SSSR count). The molecule has 0 radical (unpaired) electrons. The number of carbonyl (C=O) groups excluding carboxylic acids is 2. The normalized spacial score (nSPS) is 12.9. The Bertz CT molecular complexity index is 984. The molecule has 2 amide bonds. The Hall–Kier alpha value is -2.58. The van der Waals surface area contributed by atoms with Crippen molar-refractivity contribution in [2.24, 2.45) is 0 Å². The van der Waals surface area contributed by atoms with Crippen LogP contribution in [0.25, 0.3) is 0 Å². The molecule has 0 spiro atoms. The highest BCUT2D eigenvalue weighted by atomic mass is 32.2. The number of aryl methyl sites for hydroxylation is 2. The van der Waals surface area contributed by atoms with Crippen molar-refractivity contribution in [2.75, 3.05) is 11.1 Å². The number of rotatable bonds is 10. The van der Waals surface area contributed by atoms with Crippen LogP contribution in [-0.4, -0.2) is 28.0 Å². The molecule has 2 aromatic heterocycles. The summed E-state index contributed by atoms with van der Waals surface area (Å²) in [5, 5.41) is 11.2. The van der Waals surface area contributed by atoms with Gasteiger partial charge >= 0.3 is 0 Å². The van der Waals surface area contributed by atoms with Gasteiger partial charge in [-0.15, -0.1) is 23.1 Å². The predicted octanol–water partition coefficient (Wildman–Crippen LogP) is 4.96. The van der Waals surface area contributed by atoms with Gasteiger partial charge in [-0.25, -0.2) is 0 Å². The molecule has 0 saturated carbocycles. The van der Waals surface area contributed by atoms with E-state index in [2.05, 4.69) is 47.0 Å². The molecule has 2 unspecified atom stereocenters. The van der Waals surface area contributed by atoms with Crippen LogP contribution in [0.1, 0.15) is 48.1 Å². The molecule has 0 bridgehead atoms. The average molecular weight is 458 g/mol. The number of anilines is 1. The van der Waals surface area contributed by atoms with Gasteiger partial charge in [-0.2, -0.15) is 0 Å². The van der Waals surface area contributed by atoms with Crippen molar-refractivity contribution >= 4 is 40.7 Å². The maximum atomic E-state index is 12.7. The highest BCUT2D eigenvalue weighted by Crippen LogP contribution is 2.27. The lowest BCUT2D eigenvalue weighted by molar-refractivity contribution is -0.119. The molecular weight excluding hydrogens is 430 g/mol. The van der Waals surface area contributed by atoms with E-state index in [0.717, 1.165) is 23.3 Å². The zero-order chi connectivity index (χ0) is 22.2. The van der Waals surface area contributed by atoms with E-state index in [1.165, 1.54) is 17.3 Å².